The van der Waals surface area contributed by atoms with Crippen molar-refractivity contribution in [1.82, 2.24) is 14.2 Å². The highest BCUT2D eigenvalue weighted by Gasteiger charge is 2.36. The molecule has 3 aromatic rings. The van der Waals surface area contributed by atoms with Crippen LogP contribution >= 0.6 is 11.6 Å². The average molecular weight is 562 g/mol. The smallest absolute Gasteiger partial charge is 0.353 e. The molecule has 1 amide bonds. The van der Waals surface area contributed by atoms with Crippen LogP contribution in [0.2, 0.25) is 5.02 Å². The third kappa shape index (κ3) is 5.67. The highest BCUT2D eigenvalue weighted by atomic mass is 35.5. The van der Waals surface area contributed by atoms with E-state index in [1.54, 1.807) is 44.6 Å². The number of rotatable bonds is 5. The van der Waals surface area contributed by atoms with Crippen LogP contribution in [-0.4, -0.2) is 64.6 Å². The fourth-order valence-corrected chi connectivity index (χ4v) is 5.72. The molecule has 1 aromatic heterocycles. The summed E-state index contributed by atoms with van der Waals surface area (Å²) >= 11 is 6.33. The molecule has 7 nitrogen and oxygen atoms in total. The first-order valence-electron chi connectivity index (χ1n) is 11.5. The number of piperazine rings is 1. The minimum Gasteiger partial charge on any atom is -0.353 e. The van der Waals surface area contributed by atoms with Gasteiger partial charge in [-0.05, 0) is 35.9 Å². The van der Waals surface area contributed by atoms with Gasteiger partial charge in [0.1, 0.15) is 22.9 Å². The zero-order valence-electron chi connectivity index (χ0n) is 20.5. The number of nitriles is 1. The Morgan fingerprint density at radius 3 is 2.37 bits per heavy atom. The van der Waals surface area contributed by atoms with Gasteiger partial charge in [-0.3, -0.25) is 4.79 Å². The number of benzene rings is 2. The number of halogens is 4. The molecule has 1 aliphatic heterocycles. The first-order chi connectivity index (χ1) is 18.0. The van der Waals surface area contributed by atoms with Crippen LogP contribution in [0.5, 0.6) is 0 Å². The van der Waals surface area contributed by atoms with Crippen molar-refractivity contribution in [2.24, 2.45) is 0 Å². The fraction of sp³-hybridized carbons (Fsp3) is 0.269. The quantitative estimate of drug-likeness (QED) is 0.445. The second-order valence-corrected chi connectivity index (χ2v) is 10.6. The molecule has 0 radical (unpaired) electrons. The summed E-state index contributed by atoms with van der Waals surface area (Å²) in [4.78, 5) is 19.7. The zero-order valence-corrected chi connectivity index (χ0v) is 22.1. The van der Waals surface area contributed by atoms with E-state index in [2.05, 4.69) is 11.1 Å². The van der Waals surface area contributed by atoms with Crippen molar-refractivity contribution in [3.8, 4) is 17.2 Å². The number of pyridine rings is 1. The minimum atomic E-state index is -4.60. The number of aromatic nitrogens is 1. The van der Waals surface area contributed by atoms with Crippen molar-refractivity contribution in [3.05, 3.63) is 76.4 Å². The Morgan fingerprint density at radius 2 is 1.76 bits per heavy atom. The van der Waals surface area contributed by atoms with Crippen molar-refractivity contribution in [3.63, 3.8) is 0 Å². The Labute approximate surface area is 225 Å². The first-order valence-corrected chi connectivity index (χ1v) is 13.0. The van der Waals surface area contributed by atoms with E-state index < -0.39 is 22.7 Å². The summed E-state index contributed by atoms with van der Waals surface area (Å²) in [6.45, 7) is 1.11. The number of hydrogen-bond donors (Lipinski definition) is 0. The Balaban J connectivity index is 1.51. The van der Waals surface area contributed by atoms with Crippen LogP contribution in [0.15, 0.2) is 59.6 Å². The van der Waals surface area contributed by atoms with Gasteiger partial charge in [-0.1, -0.05) is 29.8 Å². The molecular weight excluding hydrogens is 539 g/mol. The van der Waals surface area contributed by atoms with Crippen molar-refractivity contribution in [2.45, 2.75) is 11.1 Å². The molecule has 0 spiro atoms. The maximum absolute atomic E-state index is 13.4. The summed E-state index contributed by atoms with van der Waals surface area (Å²) in [5.41, 5.74) is 1.08. The van der Waals surface area contributed by atoms with Crippen molar-refractivity contribution in [2.75, 3.05) is 45.2 Å². The topological polar surface area (TPSA) is 80.5 Å². The summed E-state index contributed by atoms with van der Waals surface area (Å²) in [6, 6.07) is 13.7. The first kappa shape index (κ1) is 27.6. The van der Waals surface area contributed by atoms with Gasteiger partial charge in [-0.2, -0.15) is 18.4 Å². The maximum Gasteiger partial charge on any atom is 0.417 e. The summed E-state index contributed by atoms with van der Waals surface area (Å²) in [6.07, 6.45) is -3.01. The van der Waals surface area contributed by atoms with Crippen LogP contribution < -0.4 is 4.90 Å². The third-order valence-electron chi connectivity index (χ3n) is 6.08. The fourth-order valence-electron chi connectivity index (χ4n) is 4.12. The van der Waals surface area contributed by atoms with E-state index in [-0.39, 0.29) is 28.9 Å². The van der Waals surface area contributed by atoms with Gasteiger partial charge in [0.05, 0.1) is 26.6 Å². The molecule has 198 valence electrons. The van der Waals surface area contributed by atoms with Crippen LogP contribution in [-0.2, 0) is 17.2 Å². The van der Waals surface area contributed by atoms with Crippen molar-refractivity contribution >= 4 is 34.3 Å². The highest BCUT2D eigenvalue weighted by Crippen LogP contribution is 2.34. The van der Waals surface area contributed by atoms with Gasteiger partial charge < -0.3 is 9.80 Å². The lowest BCUT2D eigenvalue weighted by molar-refractivity contribution is -0.139. The zero-order chi connectivity index (χ0) is 27.6. The lowest BCUT2D eigenvalue weighted by Gasteiger charge is -2.35. The van der Waals surface area contributed by atoms with E-state index >= 15 is 0 Å². The molecule has 38 heavy (non-hydrogen) atoms. The Bertz CT molecular complexity index is 1430. The molecule has 0 aliphatic carbocycles. The van der Waals surface area contributed by atoms with Gasteiger partial charge in [0.25, 0.3) is 5.91 Å². The Hall–Kier alpha value is -3.46. The molecule has 2 aromatic carbocycles. The van der Waals surface area contributed by atoms with Crippen LogP contribution in [0, 0.1) is 11.3 Å². The van der Waals surface area contributed by atoms with Gasteiger partial charge >= 0.3 is 6.18 Å². The molecule has 12 heteroatoms. The van der Waals surface area contributed by atoms with E-state index in [9.17, 15) is 27.4 Å². The second kappa shape index (κ2) is 11.1. The standard InChI is InChI=1S/C26H23ClF3N5O2S/c1-33(2)25(36)20-8-7-17(14-22(20)27)19-13-18(15-31)24(32-16-19)34-9-11-35(12-10-34)38(37)23-6-4-3-5-21(23)26(28,29)30/h3-8,13-14,16H,9-12H2,1-2H3. The second-order valence-electron chi connectivity index (χ2n) is 8.76. The largest absolute Gasteiger partial charge is 0.417 e. The molecule has 0 bridgehead atoms. The van der Waals surface area contributed by atoms with Gasteiger partial charge in [0.2, 0.25) is 0 Å². The number of carbonyl (C=O) groups is 1. The number of alkyl halides is 3. The predicted molar refractivity (Wildman–Crippen MR) is 139 cm³/mol. The van der Waals surface area contributed by atoms with Gasteiger partial charge in [-0.15, -0.1) is 0 Å². The van der Waals surface area contributed by atoms with E-state index in [0.717, 1.165) is 6.07 Å². The van der Waals surface area contributed by atoms with Crippen molar-refractivity contribution < 1.29 is 22.2 Å². The molecule has 1 atom stereocenters. The third-order valence-corrected chi connectivity index (χ3v) is 7.96. The summed E-state index contributed by atoms with van der Waals surface area (Å²) in [7, 11) is 1.28. The highest BCUT2D eigenvalue weighted by molar-refractivity contribution is 7.82. The molecule has 1 saturated heterocycles. The molecule has 0 saturated carbocycles. The lowest BCUT2D eigenvalue weighted by atomic mass is 10.0. The van der Waals surface area contributed by atoms with E-state index in [1.165, 1.54) is 27.4 Å². The maximum atomic E-state index is 13.4. The lowest BCUT2D eigenvalue weighted by Crippen LogP contribution is -2.47. The number of anilines is 1. The molecule has 4 rings (SSSR count). The molecular formula is C26H23ClF3N5O2S. The number of nitrogens with zero attached hydrogens (tertiary/aromatic N) is 5. The van der Waals surface area contributed by atoms with Crippen LogP contribution in [0.3, 0.4) is 0 Å². The van der Waals surface area contributed by atoms with Crippen LogP contribution in [0.25, 0.3) is 11.1 Å². The molecule has 2 heterocycles. The normalized spacial score (nSPS) is 15.1. The minimum absolute atomic E-state index is 0.226. The van der Waals surface area contributed by atoms with Gasteiger partial charge in [0.15, 0.2) is 0 Å². The molecule has 1 fully saturated rings. The number of carbonyl (C=O) groups excluding carboxylic acids is 1. The molecule has 0 N–H and O–H groups in total. The predicted octanol–water partition coefficient (Wildman–Crippen LogP) is 4.84. The van der Waals surface area contributed by atoms with Crippen molar-refractivity contribution in [1.29, 1.82) is 5.26 Å². The number of hydrogen-bond acceptors (Lipinski definition) is 5. The SMILES string of the molecule is CN(C)C(=O)c1ccc(-c2cnc(N3CCN(S(=O)c4ccccc4C(F)(F)F)CC3)c(C#N)c2)cc1Cl. The van der Waals surface area contributed by atoms with Crippen LogP contribution in [0.1, 0.15) is 21.5 Å². The Kier molecular flexibility index (Phi) is 8.06. The summed E-state index contributed by atoms with van der Waals surface area (Å²) in [5.74, 6) is 0.206. The average Bonchev–Trinajstić information content (AvgIpc) is 2.91. The van der Waals surface area contributed by atoms with Gasteiger partial charge in [-0.25, -0.2) is 13.5 Å². The summed E-state index contributed by atoms with van der Waals surface area (Å²) < 4.78 is 54.6. The van der Waals surface area contributed by atoms with Crippen LogP contribution in [0.4, 0.5) is 19.0 Å². The number of amides is 1. The van der Waals surface area contributed by atoms with Gasteiger partial charge in [0, 0.05) is 52.0 Å². The molecule has 1 aliphatic rings. The summed E-state index contributed by atoms with van der Waals surface area (Å²) in [5, 5.41) is 10.1. The van der Waals surface area contributed by atoms with E-state index in [4.69, 9.17) is 11.6 Å². The molecule has 1 unspecified atom stereocenters. The van der Waals surface area contributed by atoms with E-state index in [1.807, 2.05) is 4.90 Å². The Morgan fingerprint density at radius 1 is 1.08 bits per heavy atom. The monoisotopic (exact) mass is 561 g/mol. The van der Waals surface area contributed by atoms with E-state index in [0.29, 0.717) is 41.2 Å².